The van der Waals surface area contributed by atoms with Gasteiger partial charge in [-0.25, -0.2) is 4.98 Å². The minimum absolute atomic E-state index is 0.536. The lowest BCUT2D eigenvalue weighted by Gasteiger charge is -2.35. The summed E-state index contributed by atoms with van der Waals surface area (Å²) in [4.78, 5) is 13.6. The van der Waals surface area contributed by atoms with Crippen molar-refractivity contribution in [3.63, 3.8) is 0 Å². The van der Waals surface area contributed by atoms with Crippen LogP contribution in [-0.2, 0) is 0 Å². The van der Waals surface area contributed by atoms with E-state index in [1.807, 2.05) is 31.4 Å². The van der Waals surface area contributed by atoms with Gasteiger partial charge in [-0.2, -0.15) is 0 Å². The van der Waals surface area contributed by atoms with Gasteiger partial charge in [-0.1, -0.05) is 0 Å². The van der Waals surface area contributed by atoms with E-state index >= 15 is 0 Å². The first-order valence-electron chi connectivity index (χ1n) is 6.81. The lowest BCUT2D eigenvalue weighted by atomic mass is 9.94. The van der Waals surface area contributed by atoms with E-state index in [1.54, 1.807) is 0 Å². The maximum Gasteiger partial charge on any atom is 0.146 e. The second-order valence-corrected chi connectivity index (χ2v) is 5.62. The minimum atomic E-state index is 0.536. The van der Waals surface area contributed by atoms with Crippen molar-refractivity contribution in [1.29, 1.82) is 0 Å². The van der Waals surface area contributed by atoms with Crippen molar-refractivity contribution in [2.75, 3.05) is 32.1 Å². The van der Waals surface area contributed by atoms with E-state index in [4.69, 9.17) is 4.98 Å². The third-order valence-corrected chi connectivity index (χ3v) is 3.70. The van der Waals surface area contributed by atoms with E-state index in [0.717, 1.165) is 18.1 Å². The zero-order chi connectivity index (χ0) is 13.1. The summed E-state index contributed by atoms with van der Waals surface area (Å²) in [7, 11) is 4.02. The number of likely N-dealkylation sites (tertiary alicyclic amines) is 1. The zero-order valence-electron chi connectivity index (χ0n) is 11.9. The Kier molecular flexibility index (Phi) is 4.17. The lowest BCUT2D eigenvalue weighted by molar-refractivity contribution is 0.166. The molecule has 2 heterocycles. The minimum Gasteiger partial charge on any atom is -0.361 e. The largest absolute Gasteiger partial charge is 0.361 e. The zero-order valence-corrected chi connectivity index (χ0v) is 11.9. The Morgan fingerprint density at radius 2 is 2.11 bits per heavy atom. The van der Waals surface area contributed by atoms with Crippen molar-refractivity contribution in [2.45, 2.75) is 38.6 Å². The summed E-state index contributed by atoms with van der Waals surface area (Å²) in [6.07, 6.45) is 6.25. The predicted molar refractivity (Wildman–Crippen MR) is 75.0 cm³/mol. The van der Waals surface area contributed by atoms with Crippen LogP contribution < -0.4 is 4.90 Å². The van der Waals surface area contributed by atoms with E-state index in [1.165, 1.54) is 19.4 Å². The van der Waals surface area contributed by atoms with Gasteiger partial charge >= 0.3 is 0 Å². The Balaban J connectivity index is 2.13. The molecule has 1 fully saturated rings. The molecule has 2 rings (SSSR count). The van der Waals surface area contributed by atoms with Crippen molar-refractivity contribution in [2.24, 2.45) is 0 Å². The van der Waals surface area contributed by atoms with Crippen LogP contribution in [-0.4, -0.2) is 48.1 Å². The molecule has 1 saturated heterocycles. The van der Waals surface area contributed by atoms with Crippen molar-refractivity contribution < 1.29 is 0 Å². The molecule has 1 atom stereocenters. The molecule has 1 aliphatic heterocycles. The number of nitrogens with zero attached hydrogens (tertiary/aromatic N) is 4. The Bertz CT molecular complexity index is 389. The molecule has 0 amide bonds. The SMILES string of the molecule is CC(C)N1CCCC(c2cncc(N(C)C)n2)C1. The van der Waals surface area contributed by atoms with Crippen LogP contribution in [0.3, 0.4) is 0 Å². The summed E-state index contributed by atoms with van der Waals surface area (Å²) < 4.78 is 0. The molecule has 100 valence electrons. The molecule has 0 spiro atoms. The van der Waals surface area contributed by atoms with Gasteiger partial charge in [0.25, 0.3) is 0 Å². The van der Waals surface area contributed by atoms with E-state index in [2.05, 4.69) is 23.7 Å². The molecule has 0 aliphatic carbocycles. The van der Waals surface area contributed by atoms with Crippen LogP contribution in [0.25, 0.3) is 0 Å². The van der Waals surface area contributed by atoms with E-state index in [0.29, 0.717) is 12.0 Å². The number of aromatic nitrogens is 2. The number of rotatable bonds is 3. The van der Waals surface area contributed by atoms with Gasteiger partial charge in [-0.3, -0.25) is 4.98 Å². The first-order chi connectivity index (χ1) is 8.58. The van der Waals surface area contributed by atoms with Gasteiger partial charge in [0, 0.05) is 38.8 Å². The third kappa shape index (κ3) is 2.99. The fraction of sp³-hybridized carbons (Fsp3) is 0.714. The molecule has 0 bridgehead atoms. The molecule has 0 radical (unpaired) electrons. The lowest BCUT2D eigenvalue weighted by Crippen LogP contribution is -2.39. The molecule has 1 aromatic heterocycles. The number of piperidine rings is 1. The fourth-order valence-corrected chi connectivity index (χ4v) is 2.50. The first-order valence-corrected chi connectivity index (χ1v) is 6.81. The Morgan fingerprint density at radius 1 is 1.33 bits per heavy atom. The predicted octanol–water partition coefficient (Wildman–Crippen LogP) is 2.13. The number of hydrogen-bond donors (Lipinski definition) is 0. The summed E-state index contributed by atoms with van der Waals surface area (Å²) in [6.45, 7) is 6.87. The highest BCUT2D eigenvalue weighted by Crippen LogP contribution is 2.27. The van der Waals surface area contributed by atoms with E-state index < -0.39 is 0 Å². The van der Waals surface area contributed by atoms with Gasteiger partial charge in [-0.05, 0) is 33.2 Å². The van der Waals surface area contributed by atoms with E-state index in [-0.39, 0.29) is 0 Å². The summed E-state index contributed by atoms with van der Waals surface area (Å²) in [5, 5.41) is 0. The molecule has 1 aliphatic rings. The molecule has 0 N–H and O–H groups in total. The van der Waals surface area contributed by atoms with Gasteiger partial charge < -0.3 is 9.80 Å². The third-order valence-electron chi connectivity index (χ3n) is 3.70. The van der Waals surface area contributed by atoms with Gasteiger partial charge in [0.15, 0.2) is 0 Å². The van der Waals surface area contributed by atoms with Crippen molar-refractivity contribution >= 4 is 5.82 Å². The smallest absolute Gasteiger partial charge is 0.146 e. The molecular formula is C14H24N4. The first kappa shape index (κ1) is 13.3. The summed E-state index contributed by atoms with van der Waals surface area (Å²) >= 11 is 0. The maximum atomic E-state index is 4.73. The Morgan fingerprint density at radius 3 is 2.78 bits per heavy atom. The van der Waals surface area contributed by atoms with Crippen molar-refractivity contribution in [1.82, 2.24) is 14.9 Å². The topological polar surface area (TPSA) is 32.3 Å². The maximum absolute atomic E-state index is 4.73. The highest BCUT2D eigenvalue weighted by atomic mass is 15.2. The van der Waals surface area contributed by atoms with Crippen LogP contribution in [0.2, 0.25) is 0 Å². The Hall–Kier alpha value is -1.16. The van der Waals surface area contributed by atoms with E-state index in [9.17, 15) is 0 Å². The second kappa shape index (κ2) is 5.65. The van der Waals surface area contributed by atoms with Crippen LogP contribution in [0, 0.1) is 0 Å². The molecule has 4 nitrogen and oxygen atoms in total. The van der Waals surface area contributed by atoms with Crippen molar-refractivity contribution in [3.8, 4) is 0 Å². The molecule has 0 saturated carbocycles. The number of anilines is 1. The fourth-order valence-electron chi connectivity index (χ4n) is 2.50. The van der Waals surface area contributed by atoms with Crippen LogP contribution in [0.15, 0.2) is 12.4 Å². The normalized spacial score (nSPS) is 21.3. The average molecular weight is 248 g/mol. The summed E-state index contributed by atoms with van der Waals surface area (Å²) in [5.74, 6) is 1.49. The highest BCUT2D eigenvalue weighted by Gasteiger charge is 2.24. The molecule has 1 unspecified atom stereocenters. The summed E-state index contributed by atoms with van der Waals surface area (Å²) in [5.41, 5.74) is 1.14. The van der Waals surface area contributed by atoms with Crippen molar-refractivity contribution in [3.05, 3.63) is 18.1 Å². The molecule has 4 heteroatoms. The highest BCUT2D eigenvalue weighted by molar-refractivity contribution is 5.34. The van der Waals surface area contributed by atoms with Gasteiger partial charge in [0.2, 0.25) is 0 Å². The van der Waals surface area contributed by atoms with Gasteiger partial charge in [-0.15, -0.1) is 0 Å². The van der Waals surface area contributed by atoms with Crippen LogP contribution >= 0.6 is 0 Å². The molecule has 0 aromatic carbocycles. The van der Waals surface area contributed by atoms with Crippen LogP contribution in [0.5, 0.6) is 0 Å². The molecule has 1 aromatic rings. The average Bonchev–Trinajstić information content (AvgIpc) is 2.39. The van der Waals surface area contributed by atoms with Crippen LogP contribution in [0.1, 0.15) is 38.3 Å². The second-order valence-electron chi connectivity index (χ2n) is 5.62. The Labute approximate surface area is 110 Å². The summed E-state index contributed by atoms with van der Waals surface area (Å²) in [6, 6.07) is 0.623. The van der Waals surface area contributed by atoms with Gasteiger partial charge in [0.05, 0.1) is 11.9 Å². The molecule has 18 heavy (non-hydrogen) atoms. The van der Waals surface area contributed by atoms with Gasteiger partial charge in [0.1, 0.15) is 5.82 Å². The standard InChI is InChI=1S/C14H24N4/c1-11(2)18-7-5-6-12(10-18)13-8-15-9-14(16-13)17(3)4/h8-9,11-12H,5-7,10H2,1-4H3. The van der Waals surface area contributed by atoms with Crippen LogP contribution in [0.4, 0.5) is 5.82 Å². The molecular weight excluding hydrogens is 224 g/mol. The number of hydrogen-bond acceptors (Lipinski definition) is 4. The monoisotopic (exact) mass is 248 g/mol. The quantitative estimate of drug-likeness (QED) is 0.820.